The molecular formula is C23H22F2N6O. The van der Waals surface area contributed by atoms with Crippen LogP contribution in [0.25, 0.3) is 22.3 Å². The third-order valence-corrected chi connectivity index (χ3v) is 5.94. The summed E-state index contributed by atoms with van der Waals surface area (Å²) in [6.45, 7) is 1.68. The smallest absolute Gasteiger partial charge is 0.192 e. The average molecular weight is 436 g/mol. The number of piperidine rings is 1. The molecule has 0 spiro atoms. The van der Waals surface area contributed by atoms with Crippen LogP contribution in [0.3, 0.4) is 0 Å². The van der Waals surface area contributed by atoms with Crippen molar-refractivity contribution in [2.75, 3.05) is 18.8 Å². The van der Waals surface area contributed by atoms with Crippen LogP contribution in [0.5, 0.6) is 0 Å². The first-order chi connectivity index (χ1) is 15.5. The standard InChI is InChI=1S/C23H22F2N6O/c24-15-4-1-3-13(9-15)21(32)14-6-7-17(18(25)10-14)20-19-22(26)28-12-29-23(19)31(30-20)16-5-2-8-27-11-16/h3,6-7,9-10,12,16,27H,1-2,4-5,8,11H2,(H2,26,28,29). The number of Topliss-reactive ketones (excluding diaryl/α,β-unsaturated/α-hetero) is 1. The quantitative estimate of drug-likeness (QED) is 0.602. The lowest BCUT2D eigenvalue weighted by Crippen LogP contribution is -2.32. The van der Waals surface area contributed by atoms with E-state index in [0.29, 0.717) is 23.1 Å². The molecule has 32 heavy (non-hydrogen) atoms. The van der Waals surface area contributed by atoms with E-state index in [2.05, 4.69) is 20.4 Å². The van der Waals surface area contributed by atoms with Crippen LogP contribution in [0.1, 0.15) is 42.1 Å². The van der Waals surface area contributed by atoms with Crippen molar-refractivity contribution >= 4 is 22.6 Å². The van der Waals surface area contributed by atoms with Gasteiger partial charge in [0.05, 0.1) is 11.4 Å². The topological polar surface area (TPSA) is 98.7 Å². The summed E-state index contributed by atoms with van der Waals surface area (Å²) in [4.78, 5) is 21.1. The first kappa shape index (κ1) is 20.4. The predicted molar refractivity (Wildman–Crippen MR) is 117 cm³/mol. The predicted octanol–water partition coefficient (Wildman–Crippen LogP) is 3.90. The minimum Gasteiger partial charge on any atom is -0.383 e. The van der Waals surface area contributed by atoms with E-state index in [0.717, 1.165) is 32.0 Å². The molecule has 1 fully saturated rings. The highest BCUT2D eigenvalue weighted by Gasteiger charge is 2.25. The number of benzene rings is 1. The largest absolute Gasteiger partial charge is 0.383 e. The van der Waals surface area contributed by atoms with Gasteiger partial charge >= 0.3 is 0 Å². The van der Waals surface area contributed by atoms with Gasteiger partial charge in [0.25, 0.3) is 0 Å². The van der Waals surface area contributed by atoms with Gasteiger partial charge in [-0.25, -0.2) is 23.4 Å². The number of carbonyl (C=O) groups excluding carboxylic acids is 1. The van der Waals surface area contributed by atoms with Crippen molar-refractivity contribution < 1.29 is 13.6 Å². The van der Waals surface area contributed by atoms with Crippen molar-refractivity contribution in [1.82, 2.24) is 25.1 Å². The number of carbonyl (C=O) groups is 1. The number of ketones is 1. The molecule has 1 aromatic carbocycles. The summed E-state index contributed by atoms with van der Waals surface area (Å²) in [6.07, 6.45) is 6.90. The monoisotopic (exact) mass is 436 g/mol. The summed E-state index contributed by atoms with van der Waals surface area (Å²) < 4.78 is 30.6. The van der Waals surface area contributed by atoms with Crippen LogP contribution in [0.15, 0.2) is 48.1 Å². The lowest BCUT2D eigenvalue weighted by molar-refractivity contribution is 0.103. The number of hydrogen-bond donors (Lipinski definition) is 2. The highest BCUT2D eigenvalue weighted by atomic mass is 19.1. The minimum absolute atomic E-state index is 0.0677. The minimum atomic E-state index is -0.617. The summed E-state index contributed by atoms with van der Waals surface area (Å²) in [5.41, 5.74) is 7.60. The van der Waals surface area contributed by atoms with Crippen molar-refractivity contribution in [3.8, 4) is 11.3 Å². The second-order valence-electron chi connectivity index (χ2n) is 8.06. The van der Waals surface area contributed by atoms with Crippen LogP contribution >= 0.6 is 0 Å². The maximum atomic E-state index is 15.2. The van der Waals surface area contributed by atoms with Crippen LogP contribution in [-0.2, 0) is 0 Å². The second kappa shape index (κ2) is 8.23. The Balaban J connectivity index is 1.57. The number of nitrogens with one attached hydrogen (secondary N) is 1. The van der Waals surface area contributed by atoms with Gasteiger partial charge in [0.1, 0.15) is 29.5 Å². The highest BCUT2D eigenvalue weighted by molar-refractivity contribution is 6.11. The van der Waals surface area contributed by atoms with E-state index in [1.54, 1.807) is 10.8 Å². The first-order valence-electron chi connectivity index (χ1n) is 10.6. The molecule has 1 aliphatic carbocycles. The number of rotatable bonds is 4. The summed E-state index contributed by atoms with van der Waals surface area (Å²) in [5, 5.41) is 8.50. The van der Waals surface area contributed by atoms with Gasteiger partial charge in [-0.3, -0.25) is 4.79 Å². The van der Waals surface area contributed by atoms with E-state index < -0.39 is 11.6 Å². The second-order valence-corrected chi connectivity index (χ2v) is 8.06. The molecule has 3 N–H and O–H groups in total. The number of nitrogen functional groups attached to an aromatic ring is 1. The van der Waals surface area contributed by atoms with Crippen molar-refractivity contribution in [2.24, 2.45) is 0 Å². The average Bonchev–Trinajstić information content (AvgIpc) is 3.20. The zero-order valence-corrected chi connectivity index (χ0v) is 17.3. The molecule has 9 heteroatoms. The fraction of sp³-hybridized carbons (Fsp3) is 0.304. The molecule has 0 saturated carbocycles. The lowest BCUT2D eigenvalue weighted by atomic mass is 9.96. The molecule has 1 unspecified atom stereocenters. The van der Waals surface area contributed by atoms with Crippen LogP contribution in [0.4, 0.5) is 14.6 Å². The van der Waals surface area contributed by atoms with Crippen LogP contribution in [0.2, 0.25) is 0 Å². The number of halogens is 2. The molecule has 3 heterocycles. The van der Waals surface area contributed by atoms with E-state index in [9.17, 15) is 9.18 Å². The van der Waals surface area contributed by atoms with Crippen LogP contribution < -0.4 is 11.1 Å². The fourth-order valence-corrected chi connectivity index (χ4v) is 4.32. The van der Waals surface area contributed by atoms with Gasteiger partial charge in [-0.2, -0.15) is 5.10 Å². The van der Waals surface area contributed by atoms with Gasteiger partial charge in [-0.15, -0.1) is 0 Å². The normalized spacial score (nSPS) is 19.0. The zero-order chi connectivity index (χ0) is 22.2. The van der Waals surface area contributed by atoms with Gasteiger partial charge in [-0.05, 0) is 44.0 Å². The van der Waals surface area contributed by atoms with E-state index in [1.807, 2.05) is 0 Å². The third kappa shape index (κ3) is 3.58. The van der Waals surface area contributed by atoms with E-state index in [-0.39, 0.29) is 40.8 Å². The molecule has 5 rings (SSSR count). The molecule has 0 amide bonds. The number of aromatic nitrogens is 4. The van der Waals surface area contributed by atoms with Crippen molar-refractivity contribution in [2.45, 2.75) is 31.7 Å². The Morgan fingerprint density at radius 3 is 2.88 bits per heavy atom. The van der Waals surface area contributed by atoms with Gasteiger partial charge in [0, 0.05) is 29.7 Å². The Kier molecular flexibility index (Phi) is 5.26. The molecule has 164 valence electrons. The molecule has 0 radical (unpaired) electrons. The molecular weight excluding hydrogens is 414 g/mol. The maximum Gasteiger partial charge on any atom is 0.192 e. The maximum absolute atomic E-state index is 15.2. The van der Waals surface area contributed by atoms with Crippen molar-refractivity contribution in [3.05, 3.63) is 59.5 Å². The zero-order valence-electron chi connectivity index (χ0n) is 17.3. The first-order valence-corrected chi connectivity index (χ1v) is 10.6. The molecule has 3 aromatic rings. The SMILES string of the molecule is Nc1ncnc2c1c(-c1ccc(C(=O)C3=CCCC(F)=C3)cc1F)nn2C1CCCNC1. The summed E-state index contributed by atoms with van der Waals surface area (Å²) in [5.74, 6) is -1.17. The van der Waals surface area contributed by atoms with E-state index in [4.69, 9.17) is 5.73 Å². The Labute approximate surface area is 183 Å². The Morgan fingerprint density at radius 1 is 1.25 bits per heavy atom. The van der Waals surface area contributed by atoms with Gasteiger partial charge < -0.3 is 11.1 Å². The fourth-order valence-electron chi connectivity index (χ4n) is 4.32. The molecule has 7 nitrogen and oxygen atoms in total. The van der Waals surface area contributed by atoms with Gasteiger partial charge in [-0.1, -0.05) is 12.1 Å². The number of hydrogen-bond acceptors (Lipinski definition) is 6. The number of anilines is 1. The Hall–Kier alpha value is -3.46. The van der Waals surface area contributed by atoms with Crippen molar-refractivity contribution in [1.29, 1.82) is 0 Å². The number of allylic oxidation sites excluding steroid dienone is 4. The third-order valence-electron chi connectivity index (χ3n) is 5.94. The van der Waals surface area contributed by atoms with Gasteiger partial charge in [0.15, 0.2) is 11.4 Å². The van der Waals surface area contributed by atoms with Crippen molar-refractivity contribution in [3.63, 3.8) is 0 Å². The van der Waals surface area contributed by atoms with Crippen LogP contribution in [0, 0.1) is 5.82 Å². The highest BCUT2D eigenvalue weighted by Crippen LogP contribution is 2.34. The molecule has 1 saturated heterocycles. The summed E-state index contributed by atoms with van der Waals surface area (Å²) in [6, 6.07) is 4.25. The summed E-state index contributed by atoms with van der Waals surface area (Å²) >= 11 is 0. The van der Waals surface area contributed by atoms with E-state index >= 15 is 4.39 Å². The number of fused-ring (bicyclic) bond motifs is 1. The Morgan fingerprint density at radius 2 is 2.12 bits per heavy atom. The van der Waals surface area contributed by atoms with E-state index in [1.165, 1.54) is 24.5 Å². The number of nitrogens with zero attached hydrogens (tertiary/aromatic N) is 4. The molecule has 1 aliphatic heterocycles. The van der Waals surface area contributed by atoms with Gasteiger partial charge in [0.2, 0.25) is 0 Å². The molecule has 2 aromatic heterocycles. The molecule has 2 aliphatic rings. The Bertz CT molecular complexity index is 1270. The molecule has 1 atom stereocenters. The van der Waals surface area contributed by atoms with Crippen LogP contribution in [-0.4, -0.2) is 38.6 Å². The number of nitrogens with two attached hydrogens (primary N) is 1. The molecule has 0 bridgehead atoms. The summed E-state index contributed by atoms with van der Waals surface area (Å²) in [7, 11) is 0. The lowest BCUT2D eigenvalue weighted by Gasteiger charge is -2.23.